The summed E-state index contributed by atoms with van der Waals surface area (Å²) < 4.78 is 5.80. The van der Waals surface area contributed by atoms with E-state index in [1.807, 2.05) is 67.6 Å². The zero-order valence-corrected chi connectivity index (χ0v) is 18.3. The molecular weight excluding hydrogens is 402 g/mol. The van der Waals surface area contributed by atoms with Crippen molar-refractivity contribution in [3.05, 3.63) is 95.1 Å². The fourth-order valence-corrected chi connectivity index (χ4v) is 3.01. The summed E-state index contributed by atoms with van der Waals surface area (Å²) in [6.07, 6.45) is 1.69. The van der Waals surface area contributed by atoms with Gasteiger partial charge in [-0.2, -0.15) is 5.10 Å². The van der Waals surface area contributed by atoms with Crippen molar-refractivity contribution in [2.75, 3.05) is 5.32 Å². The highest BCUT2D eigenvalue weighted by Crippen LogP contribution is 2.15. The van der Waals surface area contributed by atoms with Crippen molar-refractivity contribution in [3.63, 3.8) is 0 Å². The number of amides is 2. The van der Waals surface area contributed by atoms with Crippen molar-refractivity contribution in [2.45, 2.75) is 33.3 Å². The largest absolute Gasteiger partial charge is 0.489 e. The SMILES string of the molecule is Cc1cccc(COc2ccc(C=NNC(=O)CCC(=O)Nc3ccccc3C)cc2)c1. The van der Waals surface area contributed by atoms with Gasteiger partial charge in [-0.3, -0.25) is 9.59 Å². The Morgan fingerprint density at radius 2 is 1.66 bits per heavy atom. The molecule has 0 bridgehead atoms. The van der Waals surface area contributed by atoms with Crippen molar-refractivity contribution in [3.8, 4) is 5.75 Å². The zero-order chi connectivity index (χ0) is 22.8. The van der Waals surface area contributed by atoms with Crippen LogP contribution in [0.1, 0.15) is 35.1 Å². The van der Waals surface area contributed by atoms with Crippen molar-refractivity contribution < 1.29 is 14.3 Å². The molecule has 0 aliphatic carbocycles. The van der Waals surface area contributed by atoms with Gasteiger partial charge in [-0.15, -0.1) is 0 Å². The van der Waals surface area contributed by atoms with Crippen molar-refractivity contribution in [1.82, 2.24) is 5.43 Å². The van der Waals surface area contributed by atoms with Gasteiger partial charge in [0.15, 0.2) is 0 Å². The lowest BCUT2D eigenvalue weighted by Gasteiger charge is -2.07. The van der Waals surface area contributed by atoms with Crippen molar-refractivity contribution in [1.29, 1.82) is 0 Å². The summed E-state index contributed by atoms with van der Waals surface area (Å²) in [5.74, 6) is 0.228. The molecule has 0 spiro atoms. The van der Waals surface area contributed by atoms with Crippen LogP contribution >= 0.6 is 0 Å². The van der Waals surface area contributed by atoms with Gasteiger partial charge in [-0.1, -0.05) is 48.0 Å². The number of para-hydroxylation sites is 1. The first-order valence-electron chi connectivity index (χ1n) is 10.5. The molecule has 6 heteroatoms. The third-order valence-corrected chi connectivity index (χ3v) is 4.77. The molecule has 3 rings (SSSR count). The van der Waals surface area contributed by atoms with E-state index in [0.717, 1.165) is 28.1 Å². The van der Waals surface area contributed by atoms with E-state index >= 15 is 0 Å². The van der Waals surface area contributed by atoms with Crippen LogP contribution in [0.3, 0.4) is 0 Å². The number of rotatable bonds is 9. The van der Waals surface area contributed by atoms with Crippen LogP contribution in [0.5, 0.6) is 5.75 Å². The van der Waals surface area contributed by atoms with Gasteiger partial charge in [0.25, 0.3) is 0 Å². The molecule has 6 nitrogen and oxygen atoms in total. The highest BCUT2D eigenvalue weighted by molar-refractivity contribution is 5.94. The number of hydrogen-bond donors (Lipinski definition) is 2. The lowest BCUT2D eigenvalue weighted by molar-refractivity contribution is -0.124. The van der Waals surface area contributed by atoms with Crippen molar-refractivity contribution >= 4 is 23.7 Å². The maximum atomic E-state index is 12.0. The molecule has 0 aliphatic rings. The highest BCUT2D eigenvalue weighted by atomic mass is 16.5. The summed E-state index contributed by atoms with van der Waals surface area (Å²) in [5, 5.41) is 6.76. The van der Waals surface area contributed by atoms with E-state index in [0.29, 0.717) is 6.61 Å². The Kier molecular flexibility index (Phi) is 8.15. The van der Waals surface area contributed by atoms with E-state index in [2.05, 4.69) is 34.9 Å². The normalized spacial score (nSPS) is 10.7. The van der Waals surface area contributed by atoms with Crippen LogP contribution in [0.4, 0.5) is 5.69 Å². The third kappa shape index (κ3) is 7.40. The second kappa shape index (κ2) is 11.5. The van der Waals surface area contributed by atoms with Crippen LogP contribution in [-0.4, -0.2) is 18.0 Å². The van der Waals surface area contributed by atoms with Crippen LogP contribution in [0, 0.1) is 13.8 Å². The van der Waals surface area contributed by atoms with E-state index in [9.17, 15) is 9.59 Å². The quantitative estimate of drug-likeness (QED) is 0.380. The Bertz CT molecular complexity index is 1090. The Morgan fingerprint density at radius 3 is 2.41 bits per heavy atom. The molecule has 0 atom stereocenters. The summed E-state index contributed by atoms with van der Waals surface area (Å²) in [5.41, 5.74) is 7.31. The maximum absolute atomic E-state index is 12.0. The monoisotopic (exact) mass is 429 g/mol. The number of nitrogens with zero attached hydrogens (tertiary/aromatic N) is 1. The number of ether oxygens (including phenoxy) is 1. The first-order valence-corrected chi connectivity index (χ1v) is 10.5. The number of aryl methyl sites for hydroxylation is 2. The van der Waals surface area contributed by atoms with Crippen molar-refractivity contribution in [2.24, 2.45) is 5.10 Å². The Hall–Kier alpha value is -3.93. The van der Waals surface area contributed by atoms with Gasteiger partial charge in [0, 0.05) is 18.5 Å². The molecule has 0 aromatic heterocycles. The molecule has 2 N–H and O–H groups in total. The number of carbonyl (C=O) groups is 2. The average molecular weight is 430 g/mol. The summed E-state index contributed by atoms with van der Waals surface area (Å²) in [4.78, 5) is 23.9. The topological polar surface area (TPSA) is 79.8 Å². The molecule has 2 amide bonds. The molecule has 0 fully saturated rings. The van der Waals surface area contributed by atoms with Gasteiger partial charge in [0.05, 0.1) is 6.21 Å². The lowest BCUT2D eigenvalue weighted by atomic mass is 10.1. The van der Waals surface area contributed by atoms with Crippen LogP contribution in [0.25, 0.3) is 0 Å². The van der Waals surface area contributed by atoms with Crippen LogP contribution < -0.4 is 15.5 Å². The fraction of sp³-hybridized carbons (Fsp3) is 0.192. The molecule has 3 aromatic carbocycles. The first kappa shape index (κ1) is 22.7. The number of carbonyl (C=O) groups excluding carboxylic acids is 2. The smallest absolute Gasteiger partial charge is 0.240 e. The average Bonchev–Trinajstić information content (AvgIpc) is 2.79. The highest BCUT2D eigenvalue weighted by Gasteiger charge is 2.07. The Morgan fingerprint density at radius 1 is 0.906 bits per heavy atom. The molecule has 0 saturated heterocycles. The Balaban J connectivity index is 1.38. The number of nitrogens with one attached hydrogen (secondary N) is 2. The zero-order valence-electron chi connectivity index (χ0n) is 18.3. The molecule has 3 aromatic rings. The van der Waals surface area contributed by atoms with E-state index in [1.54, 1.807) is 6.21 Å². The predicted octanol–water partition coefficient (Wildman–Crippen LogP) is 4.75. The second-order valence-electron chi connectivity index (χ2n) is 7.50. The molecular formula is C26H27N3O3. The third-order valence-electron chi connectivity index (χ3n) is 4.77. The van der Waals surface area contributed by atoms with E-state index in [1.165, 1.54) is 5.56 Å². The van der Waals surface area contributed by atoms with Gasteiger partial charge in [-0.25, -0.2) is 5.43 Å². The predicted molar refractivity (Wildman–Crippen MR) is 127 cm³/mol. The van der Waals surface area contributed by atoms with E-state index in [4.69, 9.17) is 4.74 Å². The van der Waals surface area contributed by atoms with Gasteiger partial charge in [0.2, 0.25) is 11.8 Å². The summed E-state index contributed by atoms with van der Waals surface area (Å²) in [7, 11) is 0. The molecule has 164 valence electrons. The minimum absolute atomic E-state index is 0.0563. The number of hydrazone groups is 1. The van der Waals surface area contributed by atoms with E-state index < -0.39 is 0 Å². The molecule has 0 heterocycles. The Labute approximate surface area is 188 Å². The minimum atomic E-state index is -0.320. The van der Waals surface area contributed by atoms with Gasteiger partial charge >= 0.3 is 0 Å². The lowest BCUT2D eigenvalue weighted by Crippen LogP contribution is -2.20. The minimum Gasteiger partial charge on any atom is -0.489 e. The second-order valence-corrected chi connectivity index (χ2v) is 7.50. The number of benzene rings is 3. The van der Waals surface area contributed by atoms with Gasteiger partial charge in [-0.05, 0) is 60.9 Å². The van der Waals surface area contributed by atoms with Gasteiger partial charge < -0.3 is 10.1 Å². The standard InChI is InChI=1S/C26H27N3O3/c1-19-6-5-8-22(16-19)18-32-23-12-10-21(11-13-23)17-27-29-26(31)15-14-25(30)28-24-9-4-3-7-20(24)2/h3-13,16-17H,14-15,18H2,1-2H3,(H,28,30)(H,29,31). The molecule has 0 aliphatic heterocycles. The summed E-state index contributed by atoms with van der Waals surface area (Å²) in [6.45, 7) is 4.47. The molecule has 0 radical (unpaired) electrons. The number of anilines is 1. The summed E-state index contributed by atoms with van der Waals surface area (Å²) in [6, 6.07) is 23.1. The van der Waals surface area contributed by atoms with Crippen LogP contribution in [0.15, 0.2) is 77.9 Å². The van der Waals surface area contributed by atoms with E-state index in [-0.39, 0.29) is 24.7 Å². The molecule has 0 unspecified atom stereocenters. The summed E-state index contributed by atoms with van der Waals surface area (Å²) >= 11 is 0. The maximum Gasteiger partial charge on any atom is 0.240 e. The fourth-order valence-electron chi connectivity index (χ4n) is 3.01. The molecule has 0 saturated carbocycles. The first-order chi connectivity index (χ1) is 15.5. The van der Waals surface area contributed by atoms with Crippen LogP contribution in [-0.2, 0) is 16.2 Å². The number of hydrogen-bond acceptors (Lipinski definition) is 4. The van der Waals surface area contributed by atoms with Gasteiger partial charge in [0.1, 0.15) is 12.4 Å². The van der Waals surface area contributed by atoms with Crippen LogP contribution in [0.2, 0.25) is 0 Å². The molecule has 32 heavy (non-hydrogen) atoms.